The molecule has 33 heavy (non-hydrogen) atoms. The van der Waals surface area contributed by atoms with Crippen LogP contribution in [0.25, 0.3) is 0 Å². The summed E-state index contributed by atoms with van der Waals surface area (Å²) in [7, 11) is -5.77. The molecule has 6 heteroatoms. The number of rotatable bonds is 4. The van der Waals surface area contributed by atoms with Crippen molar-refractivity contribution in [1.29, 1.82) is 0 Å². The number of fused-ring (bicyclic) bond motifs is 1. The van der Waals surface area contributed by atoms with Crippen LogP contribution in [0.5, 0.6) is 0 Å². The van der Waals surface area contributed by atoms with E-state index in [1.54, 1.807) is 36.4 Å². The van der Waals surface area contributed by atoms with Crippen LogP contribution in [0.1, 0.15) is 48.0 Å². The van der Waals surface area contributed by atoms with Crippen LogP contribution in [-0.2, 0) is 14.3 Å². The monoisotopic (exact) mass is 488 g/mol. The van der Waals surface area contributed by atoms with E-state index in [0.29, 0.717) is 11.3 Å². The molecular weight excluding hydrogens is 448 g/mol. The van der Waals surface area contributed by atoms with Gasteiger partial charge in [0.05, 0.1) is 16.2 Å². The molecule has 0 saturated heterocycles. The first-order chi connectivity index (χ1) is 15.0. The van der Waals surface area contributed by atoms with E-state index in [1.807, 2.05) is 19.1 Å². The van der Waals surface area contributed by atoms with Crippen molar-refractivity contribution in [2.45, 2.75) is 82.3 Å². The molecule has 182 valence electrons. The molecule has 0 heterocycles. The summed E-state index contributed by atoms with van der Waals surface area (Å²) < 4.78 is 34.9. The van der Waals surface area contributed by atoms with Gasteiger partial charge in [-0.1, -0.05) is 78.0 Å². The van der Waals surface area contributed by atoms with E-state index in [4.69, 9.17) is 4.43 Å². The number of allylic oxidation sites excluding steroid dienone is 4. The summed E-state index contributed by atoms with van der Waals surface area (Å²) in [5, 5.41) is 9.68. The van der Waals surface area contributed by atoms with E-state index in [1.165, 1.54) is 0 Å². The third-order valence-electron chi connectivity index (χ3n) is 7.91. The quantitative estimate of drug-likeness (QED) is 0.372. The van der Waals surface area contributed by atoms with Gasteiger partial charge in [-0.15, -0.1) is 0 Å². The maximum atomic E-state index is 14.0. The molecule has 3 rings (SSSR count). The lowest BCUT2D eigenvalue weighted by atomic mass is 9.66. The molecule has 4 nitrogen and oxygen atoms in total. The maximum absolute atomic E-state index is 14.0. The highest BCUT2D eigenvalue weighted by atomic mass is 32.2. The van der Waals surface area contributed by atoms with Crippen molar-refractivity contribution in [3.63, 3.8) is 0 Å². The van der Waals surface area contributed by atoms with Crippen LogP contribution in [-0.4, -0.2) is 33.2 Å². The molecule has 0 unspecified atom stereocenters. The highest BCUT2D eigenvalue weighted by Crippen LogP contribution is 2.49. The minimum absolute atomic E-state index is 0.0422. The zero-order valence-electron chi connectivity index (χ0n) is 21.3. The summed E-state index contributed by atoms with van der Waals surface area (Å²) in [5.41, 5.74) is -0.977. The van der Waals surface area contributed by atoms with E-state index < -0.39 is 40.2 Å². The van der Waals surface area contributed by atoms with E-state index in [0.717, 1.165) is 0 Å². The van der Waals surface area contributed by atoms with Gasteiger partial charge >= 0.3 is 0 Å². The fourth-order valence-corrected chi connectivity index (χ4v) is 8.25. The topological polar surface area (TPSA) is 63.6 Å². The second-order valence-corrected chi connectivity index (χ2v) is 19.0. The van der Waals surface area contributed by atoms with Gasteiger partial charge in [-0.25, -0.2) is 8.42 Å². The van der Waals surface area contributed by atoms with E-state index in [9.17, 15) is 13.5 Å². The van der Waals surface area contributed by atoms with Gasteiger partial charge in [0.2, 0.25) is 0 Å². The number of benzene rings is 1. The van der Waals surface area contributed by atoms with Crippen LogP contribution in [0.2, 0.25) is 18.1 Å². The lowest BCUT2D eigenvalue weighted by Gasteiger charge is -2.48. The van der Waals surface area contributed by atoms with Crippen LogP contribution in [0.4, 0.5) is 0 Å². The predicted octanol–water partition coefficient (Wildman–Crippen LogP) is 6.84. The van der Waals surface area contributed by atoms with Crippen molar-refractivity contribution < 1.29 is 18.0 Å². The summed E-state index contributed by atoms with van der Waals surface area (Å²) >= 11 is 0. The Balaban J connectivity index is 2.16. The second kappa shape index (κ2) is 8.54. The number of aliphatic hydroxyl groups excluding tert-OH is 1. The first kappa shape index (κ1) is 26.0. The highest BCUT2D eigenvalue weighted by Gasteiger charge is 2.50. The van der Waals surface area contributed by atoms with Crippen molar-refractivity contribution in [3.05, 3.63) is 66.5 Å². The standard InChI is InChI=1S/C27H40O4SSi/c1-25(2,3)33(7,8)31-24-15-17-27(6)16-14-20(28)18-22(27)23(19-26(24,4)5)32(29,30)21-12-10-9-11-13-21/h9-18,22-24,28H,19H2,1-8H3/b17-15-/t22-,23-,24+,27+/m1/s1. The zero-order valence-corrected chi connectivity index (χ0v) is 23.1. The second-order valence-electron chi connectivity index (χ2n) is 12.1. The van der Waals surface area contributed by atoms with E-state index in [2.05, 4.69) is 59.9 Å². The smallest absolute Gasteiger partial charge is 0.192 e. The molecule has 0 amide bonds. The molecule has 1 N–H and O–H groups in total. The summed E-state index contributed by atoms with van der Waals surface area (Å²) in [5.74, 6) is -0.274. The fraction of sp³-hybridized carbons (Fsp3) is 0.556. The van der Waals surface area contributed by atoms with Gasteiger partial charge in [-0.05, 0) is 54.3 Å². The maximum Gasteiger partial charge on any atom is 0.192 e. The average Bonchev–Trinajstić information content (AvgIpc) is 2.70. The summed E-state index contributed by atoms with van der Waals surface area (Å²) in [6.07, 6.45) is 9.77. The Bertz CT molecular complexity index is 1060. The Hall–Kier alpha value is -1.63. The van der Waals surface area contributed by atoms with Crippen LogP contribution in [0.15, 0.2) is 71.4 Å². The Kier molecular flexibility index (Phi) is 6.73. The highest BCUT2D eigenvalue weighted by molar-refractivity contribution is 7.92. The van der Waals surface area contributed by atoms with E-state index in [-0.39, 0.29) is 16.9 Å². The van der Waals surface area contributed by atoms with Crippen molar-refractivity contribution >= 4 is 18.2 Å². The number of hydrogen-bond acceptors (Lipinski definition) is 4. The van der Waals surface area contributed by atoms with Crippen LogP contribution < -0.4 is 0 Å². The van der Waals surface area contributed by atoms with E-state index >= 15 is 0 Å². The Morgan fingerprint density at radius 2 is 1.67 bits per heavy atom. The number of hydrogen-bond donors (Lipinski definition) is 1. The van der Waals surface area contributed by atoms with Crippen LogP contribution >= 0.6 is 0 Å². The molecule has 0 bridgehead atoms. The van der Waals surface area contributed by atoms with Gasteiger partial charge in [0, 0.05) is 11.3 Å². The van der Waals surface area contributed by atoms with Crippen molar-refractivity contribution in [2.75, 3.05) is 0 Å². The molecule has 2 aliphatic carbocycles. The summed E-state index contributed by atoms with van der Waals surface area (Å²) in [4.78, 5) is 0.321. The molecule has 0 saturated carbocycles. The molecule has 0 fully saturated rings. The molecule has 1 aromatic rings. The molecule has 0 radical (unpaired) electrons. The van der Waals surface area contributed by atoms with Crippen LogP contribution in [0, 0.1) is 16.7 Å². The van der Waals surface area contributed by atoms with Crippen molar-refractivity contribution in [3.8, 4) is 0 Å². The Morgan fingerprint density at radius 1 is 1.06 bits per heavy atom. The minimum Gasteiger partial charge on any atom is -0.508 e. The van der Waals surface area contributed by atoms with Gasteiger partial charge in [-0.2, -0.15) is 0 Å². The van der Waals surface area contributed by atoms with Gasteiger partial charge in [-0.3, -0.25) is 0 Å². The summed E-state index contributed by atoms with van der Waals surface area (Å²) in [6.45, 7) is 17.4. The van der Waals surface area contributed by atoms with Gasteiger partial charge in [0.15, 0.2) is 18.2 Å². The summed E-state index contributed by atoms with van der Waals surface area (Å²) in [6, 6.07) is 8.68. The molecule has 2 aliphatic rings. The molecule has 4 atom stereocenters. The third-order valence-corrected chi connectivity index (χ3v) is 14.5. The Morgan fingerprint density at radius 3 is 2.24 bits per heavy atom. The normalized spacial score (nSPS) is 31.2. The first-order valence-corrected chi connectivity index (χ1v) is 16.2. The minimum atomic E-state index is -3.67. The molecule has 0 spiro atoms. The number of aliphatic hydroxyl groups is 1. The predicted molar refractivity (Wildman–Crippen MR) is 138 cm³/mol. The lowest BCUT2D eigenvalue weighted by molar-refractivity contribution is 0.0792. The lowest BCUT2D eigenvalue weighted by Crippen LogP contribution is -2.51. The van der Waals surface area contributed by atoms with Gasteiger partial charge < -0.3 is 9.53 Å². The van der Waals surface area contributed by atoms with Gasteiger partial charge in [0.1, 0.15) is 5.76 Å². The Labute approximate surface area is 201 Å². The first-order valence-electron chi connectivity index (χ1n) is 11.8. The van der Waals surface area contributed by atoms with Crippen molar-refractivity contribution in [1.82, 2.24) is 0 Å². The SMILES string of the molecule is CC1(C)C[C@@H](S(=O)(=O)c2ccccc2)[C@H]2C=C(O)C=C[C@@]2(C)/C=C\[C@@H]1O[Si](C)(C)C(C)(C)C. The third kappa shape index (κ3) is 5.08. The molecule has 0 aliphatic heterocycles. The largest absolute Gasteiger partial charge is 0.508 e. The number of sulfone groups is 1. The fourth-order valence-electron chi connectivity index (χ4n) is 4.57. The zero-order chi connectivity index (χ0) is 24.9. The molecule has 1 aromatic carbocycles. The van der Waals surface area contributed by atoms with Crippen LogP contribution in [0.3, 0.4) is 0 Å². The average molecular weight is 489 g/mol. The van der Waals surface area contributed by atoms with Gasteiger partial charge in [0.25, 0.3) is 0 Å². The molecule has 0 aromatic heterocycles. The van der Waals surface area contributed by atoms with Crippen molar-refractivity contribution in [2.24, 2.45) is 16.7 Å². The molecular formula is C27H40O4SSi.